The summed E-state index contributed by atoms with van der Waals surface area (Å²) in [6.07, 6.45) is 23.2. The Hall–Kier alpha value is -2.16. The lowest BCUT2D eigenvalue weighted by atomic mass is 9.81. The summed E-state index contributed by atoms with van der Waals surface area (Å²) in [5.41, 5.74) is 0. The Morgan fingerprint density at radius 1 is 0.681 bits per heavy atom. The minimum absolute atomic E-state index is 0.103. The molecule has 4 aliphatic carbocycles. The molecule has 1 saturated heterocycles. The van der Waals surface area contributed by atoms with Crippen molar-refractivity contribution in [1.82, 2.24) is 21.3 Å². The zero-order valence-corrected chi connectivity index (χ0v) is 29.2. The fourth-order valence-corrected chi connectivity index (χ4v) is 9.31. The molecule has 5 rings (SSSR count). The predicted octanol–water partition coefficient (Wildman–Crippen LogP) is 5.84. The van der Waals surface area contributed by atoms with Gasteiger partial charge in [0.1, 0.15) is 18.1 Å². The van der Waals surface area contributed by atoms with Crippen LogP contribution in [0.25, 0.3) is 0 Å². The average Bonchev–Trinajstić information content (AvgIpc) is 3.09. The molecule has 1 heterocycles. The molecule has 9 nitrogen and oxygen atoms in total. The van der Waals surface area contributed by atoms with E-state index in [2.05, 4.69) is 21.3 Å². The number of nitrogens with one attached hydrogen (secondary N) is 4. The zero-order chi connectivity index (χ0) is 33.0. The van der Waals surface area contributed by atoms with Crippen LogP contribution in [0.5, 0.6) is 0 Å². The normalized spacial score (nSPS) is 33.7. The van der Waals surface area contributed by atoms with Gasteiger partial charge in [-0.1, -0.05) is 84.0 Å². The highest BCUT2D eigenvalue weighted by atomic mass is 16.5. The zero-order valence-electron chi connectivity index (χ0n) is 29.2. The quantitative estimate of drug-likeness (QED) is 0.262. The first-order valence-corrected chi connectivity index (χ1v) is 19.7. The van der Waals surface area contributed by atoms with Crippen LogP contribution in [-0.4, -0.2) is 60.5 Å². The number of rotatable bonds is 8. The van der Waals surface area contributed by atoms with Crippen molar-refractivity contribution >= 4 is 23.6 Å². The third-order valence-corrected chi connectivity index (χ3v) is 12.1. The van der Waals surface area contributed by atoms with Gasteiger partial charge in [0.2, 0.25) is 23.6 Å². The van der Waals surface area contributed by atoms with Crippen molar-refractivity contribution in [2.45, 2.75) is 185 Å². The van der Waals surface area contributed by atoms with E-state index in [0.29, 0.717) is 50.0 Å². The van der Waals surface area contributed by atoms with Crippen molar-refractivity contribution in [2.24, 2.45) is 23.7 Å². The molecular formula is C38H64N4O5. The highest BCUT2D eigenvalue weighted by Crippen LogP contribution is 2.36. The summed E-state index contributed by atoms with van der Waals surface area (Å²) in [5.74, 6) is 0.803. The summed E-state index contributed by atoms with van der Waals surface area (Å²) in [5, 5.41) is 12.5. The molecule has 4 amide bonds. The van der Waals surface area contributed by atoms with Gasteiger partial charge in [-0.15, -0.1) is 0 Å². The summed E-state index contributed by atoms with van der Waals surface area (Å²) >= 11 is 0. The van der Waals surface area contributed by atoms with Gasteiger partial charge in [-0.05, 0) is 87.9 Å². The van der Waals surface area contributed by atoms with E-state index < -0.39 is 18.1 Å². The fourth-order valence-electron chi connectivity index (χ4n) is 9.31. The van der Waals surface area contributed by atoms with E-state index in [-0.39, 0.29) is 41.8 Å². The van der Waals surface area contributed by atoms with E-state index in [1.807, 2.05) is 0 Å². The molecule has 266 valence electrons. The Labute approximate surface area is 283 Å². The molecule has 0 radical (unpaired) electrons. The Morgan fingerprint density at radius 2 is 1.30 bits per heavy atom. The van der Waals surface area contributed by atoms with E-state index in [4.69, 9.17) is 4.74 Å². The summed E-state index contributed by atoms with van der Waals surface area (Å²) < 4.78 is 6.73. The Balaban J connectivity index is 1.37. The maximum atomic E-state index is 14.2. The van der Waals surface area contributed by atoms with Gasteiger partial charge < -0.3 is 26.0 Å². The van der Waals surface area contributed by atoms with Crippen LogP contribution in [0.2, 0.25) is 0 Å². The van der Waals surface area contributed by atoms with Crippen molar-refractivity contribution in [2.75, 3.05) is 6.54 Å². The third-order valence-electron chi connectivity index (χ3n) is 12.1. The van der Waals surface area contributed by atoms with Crippen LogP contribution in [-0.2, 0) is 23.9 Å². The van der Waals surface area contributed by atoms with Crippen LogP contribution in [0.3, 0.4) is 0 Å². The first kappa shape index (κ1) is 36.1. The Kier molecular flexibility index (Phi) is 14.3. The van der Waals surface area contributed by atoms with E-state index in [1.54, 1.807) is 6.92 Å². The van der Waals surface area contributed by atoms with E-state index in [9.17, 15) is 19.2 Å². The van der Waals surface area contributed by atoms with Crippen LogP contribution in [0.1, 0.15) is 155 Å². The first-order chi connectivity index (χ1) is 22.9. The van der Waals surface area contributed by atoms with Crippen LogP contribution < -0.4 is 21.3 Å². The summed E-state index contributed by atoms with van der Waals surface area (Å²) in [4.78, 5) is 54.6. The Morgan fingerprint density at radius 3 is 1.94 bits per heavy atom. The lowest BCUT2D eigenvalue weighted by Gasteiger charge is -2.37. The molecule has 0 aromatic heterocycles. The average molecular weight is 657 g/mol. The smallest absolute Gasteiger partial charge is 0.243 e. The molecule has 4 bridgehead atoms. The van der Waals surface area contributed by atoms with Gasteiger partial charge in [0.25, 0.3) is 0 Å². The van der Waals surface area contributed by atoms with Gasteiger partial charge in [-0.3, -0.25) is 19.2 Å². The molecule has 5 aliphatic rings. The maximum Gasteiger partial charge on any atom is 0.243 e. The molecule has 0 spiro atoms. The van der Waals surface area contributed by atoms with Crippen LogP contribution in [0, 0.1) is 23.7 Å². The van der Waals surface area contributed by atoms with Gasteiger partial charge in [0.05, 0.1) is 12.2 Å². The minimum Gasteiger partial charge on any atom is -0.375 e. The number of hydrogen-bond acceptors (Lipinski definition) is 5. The van der Waals surface area contributed by atoms with Gasteiger partial charge in [0.15, 0.2) is 0 Å². The summed E-state index contributed by atoms with van der Waals surface area (Å²) in [7, 11) is 0. The molecule has 4 saturated carbocycles. The number of fused-ring (bicyclic) bond motifs is 4. The second kappa shape index (κ2) is 18.6. The standard InChI is InChI=1S/C38H64N4O5/c1-2-35(43)40-34-24-29-16-10-18-31(22-29)47-30-17-9-15-28(21-30)23-33(36(44)39-25-27-13-7-4-8-14-27)42-37(45)32(41-38(34)46)20-19-26-11-5-3-6-12-26/h26-34H,2-25H2,1H3,(H,39,44)(H,40,43)(H,41,46)(H,42,45)/t28?,29?,30?,31?,32-,33-,34-/m0/s1. The van der Waals surface area contributed by atoms with E-state index in [1.165, 1.54) is 38.5 Å². The van der Waals surface area contributed by atoms with Crippen molar-refractivity contribution in [3.05, 3.63) is 0 Å². The number of carbonyl (C=O) groups excluding carboxylic acids is 4. The van der Waals surface area contributed by atoms with Gasteiger partial charge in [0, 0.05) is 13.0 Å². The molecule has 7 atom stereocenters. The molecule has 0 aromatic carbocycles. The minimum atomic E-state index is -0.742. The second-order valence-corrected chi connectivity index (χ2v) is 15.8. The summed E-state index contributed by atoms with van der Waals surface area (Å²) in [6.45, 7) is 2.45. The molecular weight excluding hydrogens is 592 g/mol. The molecule has 1 aliphatic heterocycles. The number of carbonyl (C=O) groups is 4. The highest BCUT2D eigenvalue weighted by Gasteiger charge is 2.36. The highest BCUT2D eigenvalue weighted by molar-refractivity contribution is 5.94. The lowest BCUT2D eigenvalue weighted by molar-refractivity contribution is -0.135. The van der Waals surface area contributed by atoms with E-state index >= 15 is 0 Å². The molecule has 9 heteroatoms. The van der Waals surface area contributed by atoms with Crippen LogP contribution >= 0.6 is 0 Å². The molecule has 47 heavy (non-hydrogen) atoms. The SMILES string of the molecule is CCC(=O)N[C@H]1CC2CCCC(C2)OC2CCCC(C2)C[C@@H](C(=O)NCC2CCCCC2)NC(=O)[C@H](CCC2CCCCC2)NC1=O. The third kappa shape index (κ3) is 11.5. The van der Waals surface area contributed by atoms with Crippen molar-refractivity contribution in [3.63, 3.8) is 0 Å². The summed E-state index contributed by atoms with van der Waals surface area (Å²) in [6, 6.07) is -2.09. The van der Waals surface area contributed by atoms with Crippen LogP contribution in [0.15, 0.2) is 0 Å². The van der Waals surface area contributed by atoms with Crippen molar-refractivity contribution in [3.8, 4) is 0 Å². The van der Waals surface area contributed by atoms with Crippen molar-refractivity contribution in [1.29, 1.82) is 0 Å². The Bertz CT molecular complexity index is 1030. The molecule has 4 unspecified atom stereocenters. The molecule has 5 fully saturated rings. The largest absolute Gasteiger partial charge is 0.375 e. The number of ether oxygens (including phenoxy) is 1. The molecule has 0 aromatic rings. The topological polar surface area (TPSA) is 126 Å². The van der Waals surface area contributed by atoms with Crippen molar-refractivity contribution < 1.29 is 23.9 Å². The molecule has 4 N–H and O–H groups in total. The first-order valence-electron chi connectivity index (χ1n) is 19.7. The monoisotopic (exact) mass is 656 g/mol. The second-order valence-electron chi connectivity index (χ2n) is 15.8. The van der Waals surface area contributed by atoms with E-state index in [0.717, 1.165) is 83.5 Å². The number of amides is 4. The fraction of sp³-hybridized carbons (Fsp3) is 0.895. The number of hydrogen-bond donors (Lipinski definition) is 4. The van der Waals surface area contributed by atoms with Gasteiger partial charge in [-0.25, -0.2) is 0 Å². The van der Waals surface area contributed by atoms with Gasteiger partial charge >= 0.3 is 0 Å². The van der Waals surface area contributed by atoms with Crippen LogP contribution in [0.4, 0.5) is 0 Å². The predicted molar refractivity (Wildman–Crippen MR) is 183 cm³/mol. The maximum absolute atomic E-state index is 14.2. The van der Waals surface area contributed by atoms with Gasteiger partial charge in [-0.2, -0.15) is 0 Å². The lowest BCUT2D eigenvalue weighted by Crippen LogP contribution is -2.57.